The van der Waals surface area contributed by atoms with Crippen LogP contribution in [-0.2, 0) is 0 Å². The standard InChI is InChI=1S/C10H12BrF2NO2.ClH/c1-15-7-3-5(9(14)10(12)13)6(11)4-8(7)16-2;/h3-4,9-10H,14H2,1-2H3;1H/t9-;/m0./s1. The van der Waals surface area contributed by atoms with Gasteiger partial charge in [0.05, 0.1) is 20.3 Å². The first-order chi connectivity index (χ1) is 7.51. The van der Waals surface area contributed by atoms with Crippen molar-refractivity contribution in [2.75, 3.05) is 14.2 Å². The van der Waals surface area contributed by atoms with Crippen LogP contribution in [0, 0.1) is 0 Å². The van der Waals surface area contributed by atoms with Gasteiger partial charge in [-0.05, 0) is 17.7 Å². The molecule has 2 N–H and O–H groups in total. The van der Waals surface area contributed by atoms with E-state index < -0.39 is 12.5 Å². The Kier molecular flexibility index (Phi) is 6.74. The lowest BCUT2D eigenvalue weighted by Gasteiger charge is -2.16. The minimum Gasteiger partial charge on any atom is -0.493 e. The molecular weight excluding hydrogens is 319 g/mol. The van der Waals surface area contributed by atoms with Crippen LogP contribution in [0.25, 0.3) is 0 Å². The van der Waals surface area contributed by atoms with Crippen molar-refractivity contribution in [2.24, 2.45) is 5.73 Å². The highest BCUT2D eigenvalue weighted by atomic mass is 79.9. The molecule has 7 heteroatoms. The molecule has 0 unspecified atom stereocenters. The van der Waals surface area contributed by atoms with Gasteiger partial charge in [-0.2, -0.15) is 0 Å². The molecule has 0 fully saturated rings. The van der Waals surface area contributed by atoms with Crippen LogP contribution in [0.4, 0.5) is 8.78 Å². The van der Waals surface area contributed by atoms with Crippen LogP contribution in [0.1, 0.15) is 11.6 Å². The van der Waals surface area contributed by atoms with Gasteiger partial charge in [0.15, 0.2) is 11.5 Å². The number of benzene rings is 1. The van der Waals surface area contributed by atoms with Gasteiger partial charge in [0, 0.05) is 4.47 Å². The molecule has 0 saturated heterocycles. The van der Waals surface area contributed by atoms with Crippen LogP contribution < -0.4 is 15.2 Å². The van der Waals surface area contributed by atoms with Crippen molar-refractivity contribution < 1.29 is 18.3 Å². The molecule has 0 heterocycles. The lowest BCUT2D eigenvalue weighted by Crippen LogP contribution is -2.19. The zero-order valence-electron chi connectivity index (χ0n) is 9.25. The summed E-state index contributed by atoms with van der Waals surface area (Å²) in [5.74, 6) is 0.830. The summed E-state index contributed by atoms with van der Waals surface area (Å²) in [6.07, 6.45) is -2.63. The van der Waals surface area contributed by atoms with Gasteiger partial charge in [0.2, 0.25) is 0 Å². The van der Waals surface area contributed by atoms with E-state index in [0.717, 1.165) is 0 Å². The van der Waals surface area contributed by atoms with Gasteiger partial charge in [0.1, 0.15) is 0 Å². The number of halogens is 4. The molecule has 3 nitrogen and oxygen atoms in total. The molecule has 0 aromatic heterocycles. The van der Waals surface area contributed by atoms with Gasteiger partial charge in [-0.1, -0.05) is 15.9 Å². The van der Waals surface area contributed by atoms with E-state index in [1.54, 1.807) is 6.07 Å². The van der Waals surface area contributed by atoms with Gasteiger partial charge in [0.25, 0.3) is 6.43 Å². The summed E-state index contributed by atoms with van der Waals surface area (Å²) in [5.41, 5.74) is 5.66. The second kappa shape index (κ2) is 6.98. The van der Waals surface area contributed by atoms with Gasteiger partial charge in [-0.3, -0.25) is 0 Å². The summed E-state index contributed by atoms with van der Waals surface area (Å²) in [4.78, 5) is 0. The average Bonchev–Trinajstić information content (AvgIpc) is 2.27. The van der Waals surface area contributed by atoms with Crippen molar-refractivity contribution in [1.82, 2.24) is 0 Å². The van der Waals surface area contributed by atoms with Crippen LogP contribution in [0.5, 0.6) is 11.5 Å². The van der Waals surface area contributed by atoms with Crippen molar-refractivity contribution in [1.29, 1.82) is 0 Å². The van der Waals surface area contributed by atoms with E-state index in [2.05, 4.69) is 15.9 Å². The molecule has 0 aliphatic carbocycles. The Bertz CT molecular complexity index is 380. The zero-order valence-corrected chi connectivity index (χ0v) is 11.6. The average molecular weight is 333 g/mol. The fourth-order valence-electron chi connectivity index (χ4n) is 1.26. The van der Waals surface area contributed by atoms with Crippen LogP contribution in [0.3, 0.4) is 0 Å². The number of ether oxygens (including phenoxy) is 2. The molecule has 98 valence electrons. The summed E-state index contributed by atoms with van der Waals surface area (Å²) >= 11 is 3.17. The molecule has 1 atom stereocenters. The molecule has 0 amide bonds. The van der Waals surface area contributed by atoms with Crippen LogP contribution >= 0.6 is 28.3 Å². The highest BCUT2D eigenvalue weighted by Crippen LogP contribution is 2.36. The smallest absolute Gasteiger partial charge is 0.257 e. The SMILES string of the molecule is COc1cc(Br)c([C@H](N)C(F)F)cc1OC.Cl. The molecule has 1 aromatic rings. The predicted octanol–water partition coefficient (Wildman–Crippen LogP) is 3.15. The van der Waals surface area contributed by atoms with Gasteiger partial charge in [-0.15, -0.1) is 12.4 Å². The quantitative estimate of drug-likeness (QED) is 0.921. The fraction of sp³-hybridized carbons (Fsp3) is 0.400. The van der Waals surface area contributed by atoms with Crippen LogP contribution in [-0.4, -0.2) is 20.6 Å². The summed E-state index contributed by atoms with van der Waals surface area (Å²) in [6.45, 7) is 0. The van der Waals surface area contributed by atoms with E-state index in [1.165, 1.54) is 20.3 Å². The maximum Gasteiger partial charge on any atom is 0.257 e. The van der Waals surface area contributed by atoms with Crippen LogP contribution in [0.2, 0.25) is 0 Å². The molecule has 0 saturated carbocycles. The van der Waals surface area contributed by atoms with Crippen molar-refractivity contribution in [3.05, 3.63) is 22.2 Å². The fourth-order valence-corrected chi connectivity index (χ4v) is 1.85. The van der Waals surface area contributed by atoms with Gasteiger partial charge in [-0.25, -0.2) is 8.78 Å². The first-order valence-electron chi connectivity index (χ1n) is 4.46. The maximum atomic E-state index is 12.5. The zero-order chi connectivity index (χ0) is 12.3. The number of methoxy groups -OCH3 is 2. The molecule has 0 spiro atoms. The van der Waals surface area contributed by atoms with Gasteiger partial charge >= 0.3 is 0 Å². The Labute approximate surface area is 113 Å². The van der Waals surface area contributed by atoms with Crippen molar-refractivity contribution >= 4 is 28.3 Å². The van der Waals surface area contributed by atoms with Crippen molar-refractivity contribution in [3.63, 3.8) is 0 Å². The number of nitrogens with two attached hydrogens (primary N) is 1. The summed E-state index contributed by atoms with van der Waals surface area (Å²) in [5, 5.41) is 0. The lowest BCUT2D eigenvalue weighted by atomic mass is 10.1. The first kappa shape index (κ1) is 16.4. The Morgan fingerprint density at radius 1 is 1.18 bits per heavy atom. The third-order valence-electron chi connectivity index (χ3n) is 2.13. The number of rotatable bonds is 4. The summed E-state index contributed by atoms with van der Waals surface area (Å²) < 4.78 is 35.5. The summed E-state index contributed by atoms with van der Waals surface area (Å²) in [7, 11) is 2.90. The molecule has 0 radical (unpaired) electrons. The Morgan fingerprint density at radius 3 is 2.06 bits per heavy atom. The monoisotopic (exact) mass is 331 g/mol. The second-order valence-electron chi connectivity index (χ2n) is 3.09. The molecule has 1 rings (SSSR count). The van der Waals surface area contributed by atoms with E-state index in [0.29, 0.717) is 16.0 Å². The van der Waals surface area contributed by atoms with Crippen LogP contribution in [0.15, 0.2) is 16.6 Å². The Balaban J connectivity index is 0.00000256. The largest absolute Gasteiger partial charge is 0.493 e. The number of hydrogen-bond acceptors (Lipinski definition) is 3. The predicted molar refractivity (Wildman–Crippen MR) is 67.4 cm³/mol. The van der Waals surface area contributed by atoms with Crippen molar-refractivity contribution in [2.45, 2.75) is 12.5 Å². The molecule has 17 heavy (non-hydrogen) atoms. The van der Waals surface area contributed by atoms with E-state index >= 15 is 0 Å². The maximum absolute atomic E-state index is 12.5. The molecule has 0 aliphatic heterocycles. The van der Waals surface area contributed by atoms with E-state index in [-0.39, 0.29) is 18.0 Å². The third kappa shape index (κ3) is 3.69. The van der Waals surface area contributed by atoms with Gasteiger partial charge < -0.3 is 15.2 Å². The lowest BCUT2D eigenvalue weighted by molar-refractivity contribution is 0.116. The van der Waals surface area contributed by atoms with E-state index in [9.17, 15) is 8.78 Å². The summed E-state index contributed by atoms with van der Waals surface area (Å²) in [6, 6.07) is 1.64. The normalized spacial score (nSPS) is 11.9. The highest BCUT2D eigenvalue weighted by Gasteiger charge is 2.22. The highest BCUT2D eigenvalue weighted by molar-refractivity contribution is 9.10. The molecule has 0 aliphatic rings. The number of alkyl halides is 2. The molecule has 0 bridgehead atoms. The Hall–Kier alpha value is -0.590. The minimum absolute atomic E-state index is 0. The topological polar surface area (TPSA) is 44.5 Å². The third-order valence-corrected chi connectivity index (χ3v) is 2.82. The van der Waals surface area contributed by atoms with Crippen molar-refractivity contribution in [3.8, 4) is 11.5 Å². The first-order valence-corrected chi connectivity index (χ1v) is 5.25. The van der Waals surface area contributed by atoms with E-state index in [1.807, 2.05) is 0 Å². The second-order valence-corrected chi connectivity index (χ2v) is 3.94. The number of hydrogen-bond donors (Lipinski definition) is 1. The van der Waals surface area contributed by atoms with E-state index in [4.69, 9.17) is 15.2 Å². The molecule has 1 aromatic carbocycles. The molecular formula is C10H13BrClF2NO2. The minimum atomic E-state index is -2.63. The Morgan fingerprint density at radius 2 is 1.65 bits per heavy atom.